The summed E-state index contributed by atoms with van der Waals surface area (Å²) in [4.78, 5) is 4.53. The lowest BCUT2D eigenvalue weighted by molar-refractivity contribution is 0.541. The van der Waals surface area contributed by atoms with Crippen LogP contribution in [0.5, 0.6) is 0 Å². The van der Waals surface area contributed by atoms with Gasteiger partial charge in [0.1, 0.15) is 0 Å². The largest absolute Gasteiger partial charge is 0.309 e. The van der Waals surface area contributed by atoms with Crippen LogP contribution in [0.3, 0.4) is 0 Å². The van der Waals surface area contributed by atoms with E-state index in [9.17, 15) is 0 Å². The number of pyridine rings is 1. The Bertz CT molecular complexity index is 539. The second kappa shape index (κ2) is 6.92. The molecule has 3 heteroatoms. The number of hydrogen-bond acceptors (Lipinski definition) is 3. The number of nitrogens with one attached hydrogen (secondary N) is 1. The molecule has 0 aliphatic heterocycles. The molecule has 0 saturated heterocycles. The summed E-state index contributed by atoms with van der Waals surface area (Å²) in [6.07, 6.45) is 3.34. The summed E-state index contributed by atoms with van der Waals surface area (Å²) < 4.78 is 0. The first-order valence-corrected chi connectivity index (χ1v) is 8.21. The molecule has 0 fully saturated rings. The van der Waals surface area contributed by atoms with Gasteiger partial charge in [0, 0.05) is 29.4 Å². The minimum Gasteiger partial charge on any atom is -0.309 e. The van der Waals surface area contributed by atoms with Crippen molar-refractivity contribution in [3.63, 3.8) is 0 Å². The minimum atomic E-state index is 0.599. The summed E-state index contributed by atoms with van der Waals surface area (Å²) in [7, 11) is 0. The minimum absolute atomic E-state index is 0.599. The Balaban J connectivity index is 2.07. The summed E-state index contributed by atoms with van der Waals surface area (Å²) in [6, 6.07) is 11.4. The first-order chi connectivity index (χ1) is 9.22. The fourth-order valence-electron chi connectivity index (χ4n) is 2.17. The fraction of sp³-hybridized carbons (Fsp3) is 0.438. The Kier molecular flexibility index (Phi) is 5.23. The molecule has 2 nitrogen and oxygen atoms in total. The van der Waals surface area contributed by atoms with Gasteiger partial charge >= 0.3 is 0 Å². The van der Waals surface area contributed by atoms with Crippen LogP contribution in [0.4, 0.5) is 0 Å². The van der Waals surface area contributed by atoms with Crippen molar-refractivity contribution in [2.75, 3.05) is 12.0 Å². The number of hydrogen-bond donors (Lipinski definition) is 1. The lowest BCUT2D eigenvalue weighted by atomic mass is 10.1. The van der Waals surface area contributed by atoms with Gasteiger partial charge in [0.15, 0.2) is 0 Å². The predicted octanol–water partition coefficient (Wildman–Crippen LogP) is 3.77. The van der Waals surface area contributed by atoms with E-state index >= 15 is 0 Å². The Hall–Kier alpha value is -1.06. The van der Waals surface area contributed by atoms with E-state index in [0.717, 1.165) is 17.8 Å². The molecule has 1 heterocycles. The zero-order valence-electron chi connectivity index (χ0n) is 11.9. The topological polar surface area (TPSA) is 24.9 Å². The molecule has 0 bridgehead atoms. The standard InChI is InChI=1S/C16H22N2S/c1-4-15(11-19-3)17-10-13-6-8-16-14(9-13)7-5-12(2)18-16/h5-9,15,17H,4,10-11H2,1-3H3. The van der Waals surface area contributed by atoms with Crippen LogP contribution in [0.1, 0.15) is 24.6 Å². The number of thioether (sulfide) groups is 1. The van der Waals surface area contributed by atoms with Gasteiger partial charge in [0.05, 0.1) is 5.52 Å². The number of aromatic nitrogens is 1. The first kappa shape index (κ1) is 14.4. The van der Waals surface area contributed by atoms with Gasteiger partial charge < -0.3 is 5.32 Å². The third-order valence-electron chi connectivity index (χ3n) is 3.35. The van der Waals surface area contributed by atoms with E-state index in [4.69, 9.17) is 0 Å². The maximum absolute atomic E-state index is 4.53. The fourth-order valence-corrected chi connectivity index (χ4v) is 2.93. The first-order valence-electron chi connectivity index (χ1n) is 6.81. The summed E-state index contributed by atoms with van der Waals surface area (Å²) in [5, 5.41) is 4.85. The predicted molar refractivity (Wildman–Crippen MR) is 85.8 cm³/mol. The quantitative estimate of drug-likeness (QED) is 0.868. The van der Waals surface area contributed by atoms with E-state index in [1.165, 1.54) is 23.1 Å². The number of benzene rings is 1. The highest BCUT2D eigenvalue weighted by atomic mass is 32.2. The van der Waals surface area contributed by atoms with Gasteiger partial charge in [-0.3, -0.25) is 4.98 Å². The summed E-state index contributed by atoms with van der Waals surface area (Å²) in [6.45, 7) is 5.20. The highest BCUT2D eigenvalue weighted by Crippen LogP contribution is 2.15. The highest BCUT2D eigenvalue weighted by Gasteiger charge is 2.05. The average molecular weight is 274 g/mol. The normalized spacial score (nSPS) is 12.8. The number of rotatable bonds is 6. The maximum atomic E-state index is 4.53. The molecule has 19 heavy (non-hydrogen) atoms. The van der Waals surface area contributed by atoms with Crippen LogP contribution in [0, 0.1) is 6.92 Å². The molecule has 2 aromatic rings. The van der Waals surface area contributed by atoms with Crippen molar-refractivity contribution < 1.29 is 0 Å². The van der Waals surface area contributed by atoms with Crippen LogP contribution < -0.4 is 5.32 Å². The van der Waals surface area contributed by atoms with E-state index in [2.05, 4.69) is 53.8 Å². The highest BCUT2D eigenvalue weighted by molar-refractivity contribution is 7.98. The second-order valence-corrected chi connectivity index (χ2v) is 5.83. The van der Waals surface area contributed by atoms with Gasteiger partial charge in [-0.2, -0.15) is 11.8 Å². The van der Waals surface area contributed by atoms with Crippen molar-refractivity contribution in [2.24, 2.45) is 0 Å². The molecular weight excluding hydrogens is 252 g/mol. The molecule has 1 aromatic carbocycles. The lowest BCUT2D eigenvalue weighted by Gasteiger charge is -2.15. The van der Waals surface area contributed by atoms with Crippen LogP contribution in [0.2, 0.25) is 0 Å². The van der Waals surface area contributed by atoms with Crippen molar-refractivity contribution in [3.8, 4) is 0 Å². The molecule has 1 N–H and O–H groups in total. The van der Waals surface area contributed by atoms with Gasteiger partial charge in [0.25, 0.3) is 0 Å². The average Bonchev–Trinajstić information content (AvgIpc) is 2.43. The van der Waals surface area contributed by atoms with Gasteiger partial charge in [-0.1, -0.05) is 19.1 Å². The smallest absolute Gasteiger partial charge is 0.0705 e. The monoisotopic (exact) mass is 274 g/mol. The number of aryl methyl sites for hydroxylation is 1. The van der Waals surface area contributed by atoms with Crippen molar-refractivity contribution in [2.45, 2.75) is 32.9 Å². The van der Waals surface area contributed by atoms with Gasteiger partial charge in [-0.05, 0) is 43.4 Å². The van der Waals surface area contributed by atoms with Crippen molar-refractivity contribution in [3.05, 3.63) is 41.6 Å². The van der Waals surface area contributed by atoms with Gasteiger partial charge in [-0.15, -0.1) is 0 Å². The Morgan fingerprint density at radius 3 is 2.84 bits per heavy atom. The van der Waals surface area contributed by atoms with Crippen LogP contribution in [0.15, 0.2) is 30.3 Å². The zero-order chi connectivity index (χ0) is 13.7. The van der Waals surface area contributed by atoms with Crippen molar-refractivity contribution in [1.82, 2.24) is 10.3 Å². The molecule has 0 radical (unpaired) electrons. The molecule has 0 spiro atoms. The van der Waals surface area contributed by atoms with Crippen LogP contribution >= 0.6 is 11.8 Å². The molecule has 1 aromatic heterocycles. The molecule has 0 saturated carbocycles. The summed E-state index contributed by atoms with van der Waals surface area (Å²) in [5.74, 6) is 1.17. The summed E-state index contributed by atoms with van der Waals surface area (Å²) >= 11 is 1.90. The van der Waals surface area contributed by atoms with E-state index in [1.807, 2.05) is 18.7 Å². The van der Waals surface area contributed by atoms with Gasteiger partial charge in [-0.25, -0.2) is 0 Å². The lowest BCUT2D eigenvalue weighted by Crippen LogP contribution is -2.30. The van der Waals surface area contributed by atoms with Crippen molar-refractivity contribution >= 4 is 22.7 Å². The van der Waals surface area contributed by atoms with Crippen LogP contribution in [-0.4, -0.2) is 23.0 Å². The SMILES string of the molecule is CCC(CSC)NCc1ccc2nc(C)ccc2c1. The molecule has 0 amide bonds. The number of nitrogens with zero attached hydrogens (tertiary/aromatic N) is 1. The molecule has 1 unspecified atom stereocenters. The third kappa shape index (κ3) is 3.95. The second-order valence-electron chi connectivity index (χ2n) is 4.92. The number of fused-ring (bicyclic) bond motifs is 1. The van der Waals surface area contributed by atoms with E-state index < -0.39 is 0 Å². The molecule has 0 aliphatic rings. The van der Waals surface area contributed by atoms with Crippen LogP contribution in [-0.2, 0) is 6.54 Å². The van der Waals surface area contributed by atoms with E-state index in [-0.39, 0.29) is 0 Å². The molecule has 102 valence electrons. The van der Waals surface area contributed by atoms with E-state index in [0.29, 0.717) is 6.04 Å². The Labute approximate surface area is 120 Å². The third-order valence-corrected chi connectivity index (χ3v) is 4.08. The molecule has 1 atom stereocenters. The molecular formula is C16H22N2S. The Morgan fingerprint density at radius 2 is 2.11 bits per heavy atom. The summed E-state index contributed by atoms with van der Waals surface area (Å²) in [5.41, 5.74) is 3.49. The van der Waals surface area contributed by atoms with Crippen LogP contribution in [0.25, 0.3) is 10.9 Å². The maximum Gasteiger partial charge on any atom is 0.0705 e. The van der Waals surface area contributed by atoms with E-state index in [1.54, 1.807) is 0 Å². The zero-order valence-corrected chi connectivity index (χ0v) is 12.8. The van der Waals surface area contributed by atoms with Crippen molar-refractivity contribution in [1.29, 1.82) is 0 Å². The molecule has 0 aliphatic carbocycles. The Morgan fingerprint density at radius 1 is 1.26 bits per heavy atom. The van der Waals surface area contributed by atoms with Gasteiger partial charge in [0.2, 0.25) is 0 Å². The molecule has 2 rings (SSSR count).